The molecule has 3 N–H and O–H groups in total. The van der Waals surface area contributed by atoms with Crippen molar-refractivity contribution in [2.45, 2.75) is 72.1 Å². The number of nitrogens with zero attached hydrogens (tertiary/aromatic N) is 5. The molecule has 1 aromatic heterocycles. The summed E-state index contributed by atoms with van der Waals surface area (Å²) >= 11 is 0. The number of alkyl carbamates (subject to hydrolysis) is 1. The minimum Gasteiger partial charge on any atom is -0.444 e. The molecule has 11 heteroatoms. The van der Waals surface area contributed by atoms with Gasteiger partial charge in [0.25, 0.3) is 0 Å². The van der Waals surface area contributed by atoms with Crippen molar-refractivity contribution in [2.75, 3.05) is 32.7 Å². The molecule has 0 saturated carbocycles. The van der Waals surface area contributed by atoms with Gasteiger partial charge in [0, 0.05) is 32.7 Å². The number of likely N-dealkylation sites (N-methyl/N-ethyl adjacent to an activating group) is 1. The van der Waals surface area contributed by atoms with Gasteiger partial charge in [-0.1, -0.05) is 6.92 Å². The van der Waals surface area contributed by atoms with Gasteiger partial charge in [0.15, 0.2) is 11.8 Å². The second kappa shape index (κ2) is 13.8. The number of likely N-dealkylation sites (tertiary alicyclic amines) is 1. The van der Waals surface area contributed by atoms with E-state index in [1.807, 2.05) is 39.3 Å². The normalized spacial score (nSPS) is 17.1. The third-order valence-corrected chi connectivity index (χ3v) is 5.29. The third kappa shape index (κ3) is 9.88. The Labute approximate surface area is 209 Å². The monoisotopic (exact) mass is 564 g/mol. The summed E-state index contributed by atoms with van der Waals surface area (Å²) < 4.78 is 7.20. The number of aliphatic imine (C=N–C) groups is 1. The van der Waals surface area contributed by atoms with Gasteiger partial charge < -0.3 is 25.3 Å². The van der Waals surface area contributed by atoms with Crippen LogP contribution in [0.2, 0.25) is 0 Å². The first kappa shape index (κ1) is 28.4. The molecule has 0 radical (unpaired) electrons. The van der Waals surface area contributed by atoms with E-state index >= 15 is 0 Å². The van der Waals surface area contributed by atoms with Crippen LogP contribution in [0.5, 0.6) is 0 Å². The second-order valence-electron chi connectivity index (χ2n) is 8.90. The third-order valence-electron chi connectivity index (χ3n) is 5.29. The highest BCUT2D eigenvalue weighted by atomic mass is 127. The maximum atomic E-state index is 11.7. The van der Waals surface area contributed by atoms with Crippen LogP contribution in [0.25, 0.3) is 0 Å². The smallest absolute Gasteiger partial charge is 0.407 e. The van der Waals surface area contributed by atoms with Gasteiger partial charge in [0.05, 0.1) is 0 Å². The Hall–Kier alpha value is -1.63. The molecule has 1 unspecified atom stereocenters. The second-order valence-corrected chi connectivity index (χ2v) is 8.90. The summed E-state index contributed by atoms with van der Waals surface area (Å²) in [4.78, 5) is 19.0. The highest BCUT2D eigenvalue weighted by Gasteiger charge is 2.22. The largest absolute Gasteiger partial charge is 0.444 e. The number of amides is 1. The molecule has 0 aliphatic carbocycles. The molecule has 0 aromatic carbocycles. The molecule has 1 saturated heterocycles. The van der Waals surface area contributed by atoms with Crippen LogP contribution in [0.3, 0.4) is 0 Å². The SMILES string of the molecule is CCN1CCCC1CNC(=NCc1nnc(C)n1C)NCCCNC(=O)OC(C)(C)C.I. The lowest BCUT2D eigenvalue weighted by molar-refractivity contribution is 0.0527. The molecular formula is C21H41IN8O2. The first-order valence-electron chi connectivity index (χ1n) is 11.3. The molecule has 1 amide bonds. The van der Waals surface area contributed by atoms with Crippen molar-refractivity contribution < 1.29 is 9.53 Å². The summed E-state index contributed by atoms with van der Waals surface area (Å²) in [7, 11) is 1.95. The fraction of sp³-hybridized carbons (Fsp3) is 0.810. The molecule has 2 heterocycles. The van der Waals surface area contributed by atoms with E-state index in [0.717, 1.165) is 43.7 Å². The van der Waals surface area contributed by atoms with Gasteiger partial charge in [0.1, 0.15) is 18.0 Å². The van der Waals surface area contributed by atoms with E-state index in [9.17, 15) is 4.79 Å². The Morgan fingerprint density at radius 2 is 1.94 bits per heavy atom. The van der Waals surface area contributed by atoms with Crippen molar-refractivity contribution in [3.8, 4) is 0 Å². The number of carbonyl (C=O) groups excluding carboxylic acids is 1. The summed E-state index contributed by atoms with van der Waals surface area (Å²) in [6, 6.07) is 0.530. The number of rotatable bonds is 9. The lowest BCUT2D eigenvalue weighted by Gasteiger charge is -2.24. The first-order valence-corrected chi connectivity index (χ1v) is 11.3. The van der Waals surface area contributed by atoms with E-state index in [0.29, 0.717) is 25.7 Å². The van der Waals surface area contributed by atoms with E-state index in [1.165, 1.54) is 12.8 Å². The Bertz CT molecular complexity index is 732. The standard InChI is InChI=1S/C21H40N8O2.HI/c1-7-29-13-8-10-17(29)14-24-19(25-15-18-27-26-16(2)28(18)6)22-11-9-12-23-20(30)31-21(3,4)5;/h17H,7-15H2,1-6H3,(H,23,30)(H2,22,24,25);1H. The number of halogens is 1. The zero-order valence-electron chi connectivity index (χ0n) is 20.4. The van der Waals surface area contributed by atoms with Gasteiger partial charge in [-0.05, 0) is 60.0 Å². The zero-order chi connectivity index (χ0) is 22.9. The number of aromatic nitrogens is 3. The van der Waals surface area contributed by atoms with E-state index in [2.05, 4.69) is 38.0 Å². The molecule has 2 rings (SSSR count). The topological polar surface area (TPSA) is 109 Å². The van der Waals surface area contributed by atoms with Crippen LogP contribution in [0.1, 0.15) is 58.6 Å². The van der Waals surface area contributed by atoms with E-state index in [-0.39, 0.29) is 24.0 Å². The van der Waals surface area contributed by atoms with Crippen molar-refractivity contribution in [2.24, 2.45) is 12.0 Å². The van der Waals surface area contributed by atoms with E-state index < -0.39 is 11.7 Å². The Morgan fingerprint density at radius 3 is 2.56 bits per heavy atom. The van der Waals surface area contributed by atoms with Gasteiger partial charge in [-0.25, -0.2) is 9.79 Å². The molecule has 1 aliphatic rings. The number of ether oxygens (including phenoxy) is 1. The Morgan fingerprint density at radius 1 is 1.22 bits per heavy atom. The van der Waals surface area contributed by atoms with Crippen LogP contribution < -0.4 is 16.0 Å². The molecule has 0 spiro atoms. The quantitative estimate of drug-likeness (QED) is 0.183. The summed E-state index contributed by atoms with van der Waals surface area (Å²) in [6.45, 7) is 14.4. The number of hydrogen-bond acceptors (Lipinski definition) is 6. The maximum Gasteiger partial charge on any atom is 0.407 e. The fourth-order valence-electron chi connectivity index (χ4n) is 3.47. The van der Waals surface area contributed by atoms with Crippen molar-refractivity contribution in [3.05, 3.63) is 11.6 Å². The van der Waals surface area contributed by atoms with Crippen molar-refractivity contribution in [1.29, 1.82) is 0 Å². The first-order chi connectivity index (χ1) is 14.7. The molecule has 32 heavy (non-hydrogen) atoms. The summed E-state index contributed by atoms with van der Waals surface area (Å²) in [6.07, 6.45) is 2.82. The van der Waals surface area contributed by atoms with Gasteiger partial charge in [0.2, 0.25) is 0 Å². The maximum absolute atomic E-state index is 11.7. The molecule has 1 atom stereocenters. The van der Waals surface area contributed by atoms with E-state index in [4.69, 9.17) is 9.73 Å². The lowest BCUT2D eigenvalue weighted by Crippen LogP contribution is -2.45. The minimum absolute atomic E-state index is 0. The van der Waals surface area contributed by atoms with Crippen LogP contribution in [0.4, 0.5) is 4.79 Å². The number of carbonyl (C=O) groups is 1. The van der Waals surface area contributed by atoms with Crippen LogP contribution in [-0.4, -0.2) is 76.1 Å². The average molecular weight is 565 g/mol. The number of hydrogen-bond donors (Lipinski definition) is 3. The predicted octanol–water partition coefficient (Wildman–Crippen LogP) is 2.18. The summed E-state index contributed by atoms with van der Waals surface area (Å²) in [5.74, 6) is 2.44. The predicted molar refractivity (Wildman–Crippen MR) is 137 cm³/mol. The van der Waals surface area contributed by atoms with Gasteiger partial charge in [-0.3, -0.25) is 4.90 Å². The number of aryl methyl sites for hydroxylation is 1. The molecule has 1 fully saturated rings. The average Bonchev–Trinajstić information content (AvgIpc) is 3.28. The van der Waals surface area contributed by atoms with Crippen molar-refractivity contribution in [3.63, 3.8) is 0 Å². The van der Waals surface area contributed by atoms with Crippen LogP contribution in [-0.2, 0) is 18.3 Å². The highest BCUT2D eigenvalue weighted by molar-refractivity contribution is 14.0. The van der Waals surface area contributed by atoms with Crippen LogP contribution in [0.15, 0.2) is 4.99 Å². The molecule has 10 nitrogen and oxygen atoms in total. The number of nitrogens with one attached hydrogen (secondary N) is 3. The number of guanidine groups is 1. The summed E-state index contributed by atoms with van der Waals surface area (Å²) in [5.41, 5.74) is -0.489. The highest BCUT2D eigenvalue weighted by Crippen LogP contribution is 2.15. The molecule has 1 aromatic rings. The van der Waals surface area contributed by atoms with Gasteiger partial charge >= 0.3 is 6.09 Å². The molecule has 1 aliphatic heterocycles. The van der Waals surface area contributed by atoms with E-state index in [1.54, 1.807) is 0 Å². The Kier molecular flexibility index (Phi) is 12.3. The van der Waals surface area contributed by atoms with Crippen LogP contribution >= 0.6 is 24.0 Å². The minimum atomic E-state index is -0.489. The lowest BCUT2D eigenvalue weighted by atomic mass is 10.2. The Balaban J connectivity index is 0.00000512. The molecule has 0 bridgehead atoms. The zero-order valence-corrected chi connectivity index (χ0v) is 22.7. The molecular weight excluding hydrogens is 523 g/mol. The van der Waals surface area contributed by atoms with Gasteiger partial charge in [-0.15, -0.1) is 34.2 Å². The molecule has 184 valence electrons. The van der Waals surface area contributed by atoms with Gasteiger partial charge in [-0.2, -0.15) is 0 Å². The fourth-order valence-corrected chi connectivity index (χ4v) is 3.47. The van der Waals surface area contributed by atoms with Crippen molar-refractivity contribution in [1.82, 2.24) is 35.6 Å². The van der Waals surface area contributed by atoms with Crippen molar-refractivity contribution >= 4 is 36.0 Å². The van der Waals surface area contributed by atoms with Crippen LogP contribution in [0, 0.1) is 6.92 Å². The summed E-state index contributed by atoms with van der Waals surface area (Å²) in [5, 5.41) is 17.9.